The lowest BCUT2D eigenvalue weighted by Crippen LogP contribution is -2.35. The Morgan fingerprint density at radius 3 is 2.05 bits per heavy atom. The van der Waals surface area contributed by atoms with Crippen LogP contribution in [0.25, 0.3) is 0 Å². The molecule has 1 fully saturated rings. The Balaban J connectivity index is 0.000000459. The van der Waals surface area contributed by atoms with Crippen LogP contribution >= 0.6 is 0 Å². The van der Waals surface area contributed by atoms with E-state index in [9.17, 15) is 4.79 Å². The Labute approximate surface area is 119 Å². The molecule has 1 aliphatic heterocycles. The number of ether oxygens (including phenoxy) is 1. The monoisotopic (exact) mass is 271 g/mol. The molecule has 19 heavy (non-hydrogen) atoms. The highest BCUT2D eigenvalue weighted by molar-refractivity contribution is 5.68. The fourth-order valence-corrected chi connectivity index (χ4v) is 1.93. The molecule has 0 aromatic carbocycles. The maximum absolute atomic E-state index is 11.5. The number of carbonyl (C=O) groups excluding carboxylic acids is 1. The third-order valence-corrected chi connectivity index (χ3v) is 3.03. The lowest BCUT2D eigenvalue weighted by atomic mass is 10.2. The first-order valence-electron chi connectivity index (χ1n) is 7.78. The summed E-state index contributed by atoms with van der Waals surface area (Å²) in [5.74, 6) is 0.618. The summed E-state index contributed by atoms with van der Waals surface area (Å²) in [4.78, 5) is 13.3. The predicted molar refractivity (Wildman–Crippen MR) is 81.4 cm³/mol. The second kappa shape index (κ2) is 9.22. The van der Waals surface area contributed by atoms with E-state index in [1.165, 1.54) is 25.7 Å². The van der Waals surface area contributed by atoms with Gasteiger partial charge in [-0.1, -0.05) is 46.5 Å². The minimum Gasteiger partial charge on any atom is -0.444 e. The Morgan fingerprint density at radius 2 is 1.74 bits per heavy atom. The van der Waals surface area contributed by atoms with Gasteiger partial charge in [-0.05, 0) is 33.1 Å². The molecule has 3 nitrogen and oxygen atoms in total. The first-order valence-corrected chi connectivity index (χ1v) is 7.78. The summed E-state index contributed by atoms with van der Waals surface area (Å²) in [6.45, 7) is 14.0. The molecule has 0 bridgehead atoms. The summed E-state index contributed by atoms with van der Waals surface area (Å²) in [5.41, 5.74) is -0.372. The van der Waals surface area contributed by atoms with Crippen molar-refractivity contribution in [1.82, 2.24) is 4.90 Å². The molecule has 1 rings (SSSR count). The Bertz CT molecular complexity index is 242. The van der Waals surface area contributed by atoms with Gasteiger partial charge < -0.3 is 9.64 Å². The molecule has 1 saturated heterocycles. The number of nitrogens with zero attached hydrogens (tertiary/aromatic N) is 1. The number of carbonyl (C=O) groups is 1. The van der Waals surface area contributed by atoms with Gasteiger partial charge in [-0.3, -0.25) is 0 Å². The molecule has 1 unspecified atom stereocenters. The van der Waals surface area contributed by atoms with E-state index in [0.29, 0.717) is 5.92 Å². The van der Waals surface area contributed by atoms with E-state index in [1.54, 1.807) is 4.90 Å². The van der Waals surface area contributed by atoms with Gasteiger partial charge in [-0.2, -0.15) is 0 Å². The molecule has 114 valence electrons. The van der Waals surface area contributed by atoms with Crippen LogP contribution in [-0.2, 0) is 4.74 Å². The van der Waals surface area contributed by atoms with Gasteiger partial charge in [0, 0.05) is 13.1 Å². The van der Waals surface area contributed by atoms with Crippen LogP contribution in [0.1, 0.15) is 73.6 Å². The topological polar surface area (TPSA) is 29.5 Å². The zero-order chi connectivity index (χ0) is 14.9. The predicted octanol–water partition coefficient (Wildman–Crippen LogP) is 4.85. The lowest BCUT2D eigenvalue weighted by molar-refractivity contribution is 0.0289. The number of hydrogen-bond acceptors (Lipinski definition) is 2. The summed E-state index contributed by atoms with van der Waals surface area (Å²) in [6, 6.07) is 0. The summed E-state index contributed by atoms with van der Waals surface area (Å²) in [6.07, 6.45) is 6.46. The van der Waals surface area contributed by atoms with Crippen LogP contribution in [0.3, 0.4) is 0 Å². The highest BCUT2D eigenvalue weighted by atomic mass is 16.6. The molecule has 0 saturated carbocycles. The molecular weight excluding hydrogens is 238 g/mol. The lowest BCUT2D eigenvalue weighted by Gasteiger charge is -2.24. The van der Waals surface area contributed by atoms with E-state index in [0.717, 1.165) is 19.5 Å². The number of hydrogen-bond donors (Lipinski definition) is 0. The molecule has 1 heterocycles. The molecule has 0 aromatic heterocycles. The van der Waals surface area contributed by atoms with E-state index in [-0.39, 0.29) is 11.7 Å². The third kappa shape index (κ3) is 9.80. The van der Waals surface area contributed by atoms with Crippen molar-refractivity contribution in [3.63, 3.8) is 0 Å². The van der Waals surface area contributed by atoms with Crippen molar-refractivity contribution in [2.24, 2.45) is 5.92 Å². The molecule has 1 atom stereocenters. The molecule has 3 heteroatoms. The van der Waals surface area contributed by atoms with Crippen LogP contribution in [0.15, 0.2) is 0 Å². The van der Waals surface area contributed by atoms with Crippen LogP contribution in [0, 0.1) is 5.92 Å². The number of rotatable bonds is 3. The first-order chi connectivity index (χ1) is 8.80. The third-order valence-electron chi connectivity index (χ3n) is 3.03. The summed E-state index contributed by atoms with van der Waals surface area (Å²) < 4.78 is 5.26. The standard InChI is InChI=1S/C10H19NO2.C6H14/c1-8-5-6-11(7-8)9(12)13-10(2,3)4;1-3-5-6-4-2/h8H,5-7H2,1-4H3;3-6H2,1-2H3. The Hall–Kier alpha value is -0.730. The molecule has 0 aliphatic carbocycles. The van der Waals surface area contributed by atoms with Gasteiger partial charge in [0.05, 0.1) is 0 Å². The van der Waals surface area contributed by atoms with Crippen LogP contribution in [0.4, 0.5) is 4.79 Å². The van der Waals surface area contributed by atoms with Crippen molar-refractivity contribution in [3.05, 3.63) is 0 Å². The van der Waals surface area contributed by atoms with E-state index < -0.39 is 0 Å². The van der Waals surface area contributed by atoms with E-state index in [1.807, 2.05) is 20.8 Å². The highest BCUT2D eigenvalue weighted by Crippen LogP contribution is 2.18. The van der Waals surface area contributed by atoms with E-state index >= 15 is 0 Å². The minimum absolute atomic E-state index is 0.170. The Kier molecular flexibility index (Phi) is 8.86. The van der Waals surface area contributed by atoms with Gasteiger partial charge in [0.25, 0.3) is 0 Å². The fraction of sp³-hybridized carbons (Fsp3) is 0.938. The average Bonchev–Trinajstić information content (AvgIpc) is 2.72. The van der Waals surface area contributed by atoms with Crippen molar-refractivity contribution < 1.29 is 9.53 Å². The number of amides is 1. The van der Waals surface area contributed by atoms with Crippen LogP contribution in [0.5, 0.6) is 0 Å². The SMILES string of the molecule is CC1CCN(C(=O)OC(C)(C)C)C1.CCCCCC. The van der Waals surface area contributed by atoms with E-state index in [4.69, 9.17) is 4.74 Å². The van der Waals surface area contributed by atoms with Crippen molar-refractivity contribution >= 4 is 6.09 Å². The van der Waals surface area contributed by atoms with Crippen molar-refractivity contribution in [2.45, 2.75) is 79.2 Å². The molecule has 0 aromatic rings. The van der Waals surface area contributed by atoms with Crippen molar-refractivity contribution in [3.8, 4) is 0 Å². The molecular formula is C16H33NO2. The van der Waals surface area contributed by atoms with Crippen LogP contribution in [0.2, 0.25) is 0 Å². The highest BCUT2D eigenvalue weighted by Gasteiger charge is 2.27. The number of unbranched alkanes of at least 4 members (excludes halogenated alkanes) is 3. The summed E-state index contributed by atoms with van der Waals surface area (Å²) >= 11 is 0. The van der Waals surface area contributed by atoms with E-state index in [2.05, 4.69) is 20.8 Å². The number of likely N-dealkylation sites (tertiary alicyclic amines) is 1. The molecule has 0 N–H and O–H groups in total. The van der Waals surface area contributed by atoms with Gasteiger partial charge in [-0.25, -0.2) is 4.79 Å². The van der Waals surface area contributed by atoms with Gasteiger partial charge in [0.1, 0.15) is 5.60 Å². The smallest absolute Gasteiger partial charge is 0.410 e. The maximum atomic E-state index is 11.5. The molecule has 0 spiro atoms. The largest absolute Gasteiger partial charge is 0.444 e. The maximum Gasteiger partial charge on any atom is 0.410 e. The fourth-order valence-electron chi connectivity index (χ4n) is 1.93. The quantitative estimate of drug-likeness (QED) is 0.687. The zero-order valence-corrected chi connectivity index (χ0v) is 13.8. The van der Waals surface area contributed by atoms with Gasteiger partial charge >= 0.3 is 6.09 Å². The van der Waals surface area contributed by atoms with Gasteiger partial charge in [-0.15, -0.1) is 0 Å². The first kappa shape index (κ1) is 18.3. The van der Waals surface area contributed by atoms with Crippen molar-refractivity contribution in [2.75, 3.05) is 13.1 Å². The van der Waals surface area contributed by atoms with Crippen LogP contribution < -0.4 is 0 Å². The Morgan fingerprint density at radius 1 is 1.21 bits per heavy atom. The summed E-state index contributed by atoms with van der Waals surface area (Å²) in [7, 11) is 0. The molecule has 1 amide bonds. The summed E-state index contributed by atoms with van der Waals surface area (Å²) in [5, 5.41) is 0. The van der Waals surface area contributed by atoms with Crippen LogP contribution in [-0.4, -0.2) is 29.7 Å². The molecule has 0 radical (unpaired) electrons. The average molecular weight is 271 g/mol. The molecule has 1 aliphatic rings. The van der Waals surface area contributed by atoms with Crippen molar-refractivity contribution in [1.29, 1.82) is 0 Å². The van der Waals surface area contributed by atoms with Gasteiger partial charge in [0.2, 0.25) is 0 Å². The zero-order valence-electron chi connectivity index (χ0n) is 13.8. The second-order valence-electron chi connectivity index (χ2n) is 6.53. The normalized spacial score (nSPS) is 18.8. The van der Waals surface area contributed by atoms with Gasteiger partial charge in [0.15, 0.2) is 0 Å². The second-order valence-corrected chi connectivity index (χ2v) is 6.53. The minimum atomic E-state index is -0.372.